The van der Waals surface area contributed by atoms with Crippen molar-refractivity contribution in [2.75, 3.05) is 0 Å². The van der Waals surface area contributed by atoms with Gasteiger partial charge in [0.25, 0.3) is 0 Å². The number of carbonyl (C=O) groups is 1. The van der Waals surface area contributed by atoms with E-state index in [1.165, 1.54) is 6.20 Å². The van der Waals surface area contributed by atoms with Crippen LogP contribution in [0.5, 0.6) is 0 Å². The van der Waals surface area contributed by atoms with Crippen LogP contribution in [0.15, 0.2) is 24.5 Å². The molecule has 0 fully saturated rings. The van der Waals surface area contributed by atoms with Gasteiger partial charge >= 0.3 is 0 Å². The van der Waals surface area contributed by atoms with Crippen LogP contribution in [0, 0.1) is 0 Å². The van der Waals surface area contributed by atoms with Crippen molar-refractivity contribution in [2.45, 2.75) is 13.8 Å². The molecule has 1 aromatic rings. The van der Waals surface area contributed by atoms with Gasteiger partial charge in [-0.1, -0.05) is 13.8 Å². The van der Waals surface area contributed by atoms with Crippen molar-refractivity contribution in [2.24, 2.45) is 5.73 Å². The van der Waals surface area contributed by atoms with Gasteiger partial charge in [-0.2, -0.15) is 0 Å². The van der Waals surface area contributed by atoms with Gasteiger partial charge in [-0.25, -0.2) is 0 Å². The Morgan fingerprint density at radius 2 is 2.18 bits per heavy atom. The first-order valence-electron chi connectivity index (χ1n) is 3.50. The van der Waals surface area contributed by atoms with Gasteiger partial charge in [-0.3, -0.25) is 9.78 Å². The second-order valence-corrected chi connectivity index (χ2v) is 1.61. The highest BCUT2D eigenvalue weighted by atomic mass is 16.1. The van der Waals surface area contributed by atoms with Crippen molar-refractivity contribution in [1.29, 1.82) is 0 Å². The Bertz CT molecular complexity index is 209. The number of hydrogen-bond acceptors (Lipinski definition) is 2. The van der Waals surface area contributed by atoms with Crippen molar-refractivity contribution >= 4 is 5.91 Å². The average molecular weight is 152 g/mol. The first kappa shape index (κ1) is 9.62. The minimum atomic E-state index is -0.442. The number of carbonyl (C=O) groups excluding carboxylic acids is 1. The number of nitrogens with two attached hydrogens (primary N) is 1. The van der Waals surface area contributed by atoms with E-state index in [0.29, 0.717) is 5.56 Å². The van der Waals surface area contributed by atoms with E-state index in [-0.39, 0.29) is 0 Å². The molecule has 1 aromatic heterocycles. The molecule has 0 aliphatic heterocycles. The first-order valence-corrected chi connectivity index (χ1v) is 3.50. The summed E-state index contributed by atoms with van der Waals surface area (Å²) in [6.07, 6.45) is 3.02. The number of primary amides is 1. The summed E-state index contributed by atoms with van der Waals surface area (Å²) in [4.78, 5) is 14.1. The standard InChI is InChI=1S/C6H6N2O.C2H6/c7-6(9)5-2-1-3-8-4-5;1-2/h1-4H,(H2,7,9);1-2H3. The lowest BCUT2D eigenvalue weighted by atomic mass is 10.3. The van der Waals surface area contributed by atoms with Crippen molar-refractivity contribution in [3.63, 3.8) is 0 Å². The fourth-order valence-corrected chi connectivity index (χ4v) is 0.509. The number of aromatic nitrogens is 1. The molecule has 0 saturated heterocycles. The average Bonchev–Trinajstić information content (AvgIpc) is 2.10. The largest absolute Gasteiger partial charge is 0.366 e. The molecular weight excluding hydrogens is 140 g/mol. The molecule has 0 aliphatic rings. The van der Waals surface area contributed by atoms with Crippen LogP contribution in [0.2, 0.25) is 0 Å². The van der Waals surface area contributed by atoms with E-state index < -0.39 is 5.91 Å². The van der Waals surface area contributed by atoms with Crippen LogP contribution in [-0.4, -0.2) is 10.9 Å². The van der Waals surface area contributed by atoms with Gasteiger partial charge in [0.05, 0.1) is 5.56 Å². The quantitative estimate of drug-likeness (QED) is 0.657. The smallest absolute Gasteiger partial charge is 0.250 e. The fraction of sp³-hybridized carbons (Fsp3) is 0.250. The molecule has 3 heteroatoms. The van der Waals surface area contributed by atoms with Gasteiger partial charge in [0.15, 0.2) is 0 Å². The van der Waals surface area contributed by atoms with Gasteiger partial charge < -0.3 is 5.73 Å². The zero-order chi connectivity index (χ0) is 8.69. The first-order chi connectivity index (χ1) is 5.30. The third kappa shape index (κ3) is 3.35. The predicted molar refractivity (Wildman–Crippen MR) is 44.1 cm³/mol. The topological polar surface area (TPSA) is 56.0 Å². The SMILES string of the molecule is CC.NC(=O)c1cccnc1. The maximum Gasteiger partial charge on any atom is 0.250 e. The zero-order valence-corrected chi connectivity index (χ0v) is 6.74. The minimum Gasteiger partial charge on any atom is -0.366 e. The summed E-state index contributed by atoms with van der Waals surface area (Å²) in [5, 5.41) is 0. The van der Waals surface area contributed by atoms with Crippen molar-refractivity contribution in [1.82, 2.24) is 4.98 Å². The highest BCUT2D eigenvalue weighted by molar-refractivity contribution is 5.92. The van der Waals surface area contributed by atoms with E-state index in [9.17, 15) is 4.79 Å². The Labute approximate surface area is 66.3 Å². The Morgan fingerprint density at radius 1 is 1.55 bits per heavy atom. The van der Waals surface area contributed by atoms with Crippen LogP contribution in [-0.2, 0) is 0 Å². The molecular formula is C8H12N2O. The summed E-state index contributed by atoms with van der Waals surface area (Å²) in [7, 11) is 0. The normalized spacial score (nSPS) is 7.82. The highest BCUT2D eigenvalue weighted by Gasteiger charge is 1.94. The summed E-state index contributed by atoms with van der Waals surface area (Å²) in [5.41, 5.74) is 5.38. The van der Waals surface area contributed by atoms with Crippen molar-refractivity contribution in [3.8, 4) is 0 Å². The Balaban J connectivity index is 0.000000461. The van der Waals surface area contributed by atoms with Crippen LogP contribution in [0.3, 0.4) is 0 Å². The van der Waals surface area contributed by atoms with Crippen LogP contribution in [0.25, 0.3) is 0 Å². The Hall–Kier alpha value is -1.38. The minimum absolute atomic E-state index is 0.442. The van der Waals surface area contributed by atoms with E-state index in [2.05, 4.69) is 4.98 Å². The second-order valence-electron chi connectivity index (χ2n) is 1.61. The number of pyridine rings is 1. The van der Waals surface area contributed by atoms with Crippen LogP contribution < -0.4 is 5.73 Å². The molecule has 60 valence electrons. The molecule has 0 aromatic carbocycles. The molecule has 0 saturated carbocycles. The van der Waals surface area contributed by atoms with E-state index >= 15 is 0 Å². The number of rotatable bonds is 1. The third-order valence-electron chi connectivity index (χ3n) is 0.946. The number of nitrogens with zero attached hydrogens (tertiary/aromatic N) is 1. The van der Waals surface area contributed by atoms with Crippen molar-refractivity contribution < 1.29 is 4.79 Å². The van der Waals surface area contributed by atoms with Crippen LogP contribution in [0.4, 0.5) is 0 Å². The summed E-state index contributed by atoms with van der Waals surface area (Å²) in [6.45, 7) is 4.00. The van der Waals surface area contributed by atoms with Gasteiger partial charge in [-0.05, 0) is 12.1 Å². The van der Waals surface area contributed by atoms with Crippen LogP contribution >= 0.6 is 0 Å². The Morgan fingerprint density at radius 3 is 2.45 bits per heavy atom. The third-order valence-corrected chi connectivity index (χ3v) is 0.946. The highest BCUT2D eigenvalue weighted by Crippen LogP contribution is 1.91. The number of hydrogen-bond donors (Lipinski definition) is 1. The van der Waals surface area contributed by atoms with E-state index in [4.69, 9.17) is 5.73 Å². The van der Waals surface area contributed by atoms with Gasteiger partial charge in [0.1, 0.15) is 0 Å². The lowest BCUT2D eigenvalue weighted by Crippen LogP contribution is -2.10. The summed E-state index contributed by atoms with van der Waals surface area (Å²) < 4.78 is 0. The molecule has 1 rings (SSSR count). The predicted octanol–water partition coefficient (Wildman–Crippen LogP) is 1.21. The van der Waals surface area contributed by atoms with E-state index in [1.54, 1.807) is 18.3 Å². The molecule has 2 N–H and O–H groups in total. The lowest BCUT2D eigenvalue weighted by molar-refractivity contribution is 0.1000. The molecule has 0 unspecified atom stereocenters. The molecule has 1 amide bonds. The molecule has 3 nitrogen and oxygen atoms in total. The lowest BCUT2D eigenvalue weighted by Gasteiger charge is -1.88. The second kappa shape index (κ2) is 5.41. The summed E-state index contributed by atoms with van der Waals surface area (Å²) >= 11 is 0. The van der Waals surface area contributed by atoms with Gasteiger partial charge in [-0.15, -0.1) is 0 Å². The van der Waals surface area contributed by atoms with E-state index in [1.807, 2.05) is 13.8 Å². The molecule has 0 atom stereocenters. The maximum absolute atomic E-state index is 10.4. The molecule has 0 spiro atoms. The molecule has 0 aliphatic carbocycles. The molecule has 0 radical (unpaired) electrons. The van der Waals surface area contributed by atoms with Crippen molar-refractivity contribution in [3.05, 3.63) is 30.1 Å². The molecule has 1 heterocycles. The summed E-state index contributed by atoms with van der Waals surface area (Å²) in [5.74, 6) is -0.442. The fourth-order valence-electron chi connectivity index (χ4n) is 0.509. The monoisotopic (exact) mass is 152 g/mol. The van der Waals surface area contributed by atoms with Gasteiger partial charge in [0.2, 0.25) is 5.91 Å². The van der Waals surface area contributed by atoms with Crippen LogP contribution in [0.1, 0.15) is 24.2 Å². The Kier molecular flexibility index (Phi) is 4.73. The molecule has 11 heavy (non-hydrogen) atoms. The number of amides is 1. The summed E-state index contributed by atoms with van der Waals surface area (Å²) in [6, 6.07) is 3.29. The van der Waals surface area contributed by atoms with E-state index in [0.717, 1.165) is 0 Å². The van der Waals surface area contributed by atoms with Gasteiger partial charge in [0, 0.05) is 12.4 Å². The maximum atomic E-state index is 10.4. The zero-order valence-electron chi connectivity index (χ0n) is 6.74. The molecule has 0 bridgehead atoms.